The van der Waals surface area contributed by atoms with Gasteiger partial charge >= 0.3 is 5.97 Å². The van der Waals surface area contributed by atoms with Crippen LogP contribution in [0.4, 0.5) is 11.4 Å². The highest BCUT2D eigenvalue weighted by molar-refractivity contribution is 6.23. The number of carbonyl (C=O) groups excluding carboxylic acids is 3. The third-order valence-electron chi connectivity index (χ3n) is 6.25. The minimum atomic E-state index is -1.04. The number of rotatable bonds is 4. The zero-order chi connectivity index (χ0) is 21.0. The Morgan fingerprint density at radius 1 is 0.833 bits per heavy atom. The van der Waals surface area contributed by atoms with E-state index in [-0.39, 0.29) is 47.0 Å². The van der Waals surface area contributed by atoms with Crippen molar-refractivity contribution in [2.45, 2.75) is 6.42 Å². The lowest BCUT2D eigenvalue weighted by Crippen LogP contribution is -2.32. The van der Waals surface area contributed by atoms with Gasteiger partial charge in [0.25, 0.3) is 5.91 Å². The van der Waals surface area contributed by atoms with Gasteiger partial charge in [-0.05, 0) is 66.8 Å². The molecule has 2 aromatic rings. The van der Waals surface area contributed by atoms with Crippen LogP contribution in [0.3, 0.4) is 0 Å². The third-order valence-corrected chi connectivity index (χ3v) is 6.25. The summed E-state index contributed by atoms with van der Waals surface area (Å²) in [6.07, 6.45) is 4.99. The molecule has 0 unspecified atom stereocenters. The largest absolute Gasteiger partial charge is 0.478 e. The first-order valence-corrected chi connectivity index (χ1v) is 9.75. The van der Waals surface area contributed by atoms with Crippen molar-refractivity contribution >= 4 is 35.1 Å². The molecule has 5 rings (SSSR count). The first kappa shape index (κ1) is 18.3. The number of amides is 3. The fraction of sp³-hybridized carbons (Fsp3) is 0.217. The number of carboxylic acid groups (broad SMARTS) is 1. The second-order valence-corrected chi connectivity index (χ2v) is 7.90. The van der Waals surface area contributed by atoms with Crippen molar-refractivity contribution in [2.75, 3.05) is 10.2 Å². The molecule has 30 heavy (non-hydrogen) atoms. The zero-order valence-corrected chi connectivity index (χ0v) is 15.8. The fourth-order valence-corrected chi connectivity index (χ4v) is 4.82. The first-order chi connectivity index (χ1) is 14.4. The summed E-state index contributed by atoms with van der Waals surface area (Å²) >= 11 is 0. The van der Waals surface area contributed by atoms with E-state index in [2.05, 4.69) is 17.5 Å². The summed E-state index contributed by atoms with van der Waals surface area (Å²) in [4.78, 5) is 50.4. The van der Waals surface area contributed by atoms with Crippen molar-refractivity contribution in [3.05, 3.63) is 71.8 Å². The molecule has 0 spiro atoms. The Morgan fingerprint density at radius 3 is 1.90 bits per heavy atom. The van der Waals surface area contributed by atoms with E-state index < -0.39 is 5.97 Å². The maximum absolute atomic E-state index is 12.9. The molecule has 0 aromatic heterocycles. The number of fused-ring (bicyclic) bond motifs is 5. The number of nitrogens with zero attached hydrogens (tertiary/aromatic N) is 1. The molecule has 2 aromatic carbocycles. The van der Waals surface area contributed by atoms with Crippen molar-refractivity contribution in [2.24, 2.45) is 23.7 Å². The van der Waals surface area contributed by atoms with E-state index >= 15 is 0 Å². The van der Waals surface area contributed by atoms with Gasteiger partial charge in [0.1, 0.15) is 0 Å². The van der Waals surface area contributed by atoms with Crippen LogP contribution in [0.5, 0.6) is 0 Å². The summed E-state index contributed by atoms with van der Waals surface area (Å²) in [7, 11) is 0. The van der Waals surface area contributed by atoms with Crippen LogP contribution < -0.4 is 10.2 Å². The van der Waals surface area contributed by atoms with Gasteiger partial charge in [-0.1, -0.05) is 12.2 Å². The van der Waals surface area contributed by atoms with E-state index in [0.717, 1.165) is 6.42 Å². The highest BCUT2D eigenvalue weighted by atomic mass is 16.4. The lowest BCUT2D eigenvalue weighted by atomic mass is 9.85. The van der Waals surface area contributed by atoms with Crippen molar-refractivity contribution in [3.63, 3.8) is 0 Å². The lowest BCUT2D eigenvalue weighted by molar-refractivity contribution is -0.123. The predicted molar refractivity (Wildman–Crippen MR) is 108 cm³/mol. The Balaban J connectivity index is 1.31. The highest BCUT2D eigenvalue weighted by Crippen LogP contribution is 2.53. The summed E-state index contributed by atoms with van der Waals surface area (Å²) < 4.78 is 0. The number of nitrogens with one attached hydrogen (secondary N) is 1. The monoisotopic (exact) mass is 402 g/mol. The van der Waals surface area contributed by atoms with Crippen LogP contribution in [-0.2, 0) is 9.59 Å². The molecule has 3 aliphatic rings. The number of benzene rings is 2. The number of imide groups is 1. The molecule has 1 saturated carbocycles. The molecule has 3 amide bonds. The maximum Gasteiger partial charge on any atom is 0.335 e. The standard InChI is InChI=1S/C23H18N2O5/c26-20(24-16-7-3-13(4-8-16)23(29)30)12-5-9-17(10-6-12)25-21(27)18-14-1-2-15(11-14)19(18)22(25)28/h1-10,14-15,18-19H,11H2,(H,24,26)(H,29,30)/t14-,15-,18-,19+/m0/s1. The minimum absolute atomic E-state index is 0.130. The predicted octanol–water partition coefficient (Wildman–Crippen LogP) is 2.95. The molecule has 150 valence electrons. The van der Waals surface area contributed by atoms with Gasteiger partial charge in [0.15, 0.2) is 0 Å². The highest BCUT2D eigenvalue weighted by Gasteiger charge is 2.59. The van der Waals surface area contributed by atoms with Crippen LogP contribution in [0.15, 0.2) is 60.7 Å². The third kappa shape index (κ3) is 2.74. The summed E-state index contributed by atoms with van der Waals surface area (Å²) in [6, 6.07) is 12.2. The van der Waals surface area contributed by atoms with E-state index in [9.17, 15) is 19.2 Å². The molecule has 2 bridgehead atoms. The van der Waals surface area contributed by atoms with Crippen molar-refractivity contribution in [3.8, 4) is 0 Å². The Kier molecular flexibility index (Phi) is 4.06. The number of carbonyl (C=O) groups is 4. The SMILES string of the molecule is O=C(O)c1ccc(NC(=O)c2ccc(N3C(=O)[C@@H]4[C@H](C3=O)[C@H]3C=C[C@H]4C3)cc2)cc1. The molecule has 1 saturated heterocycles. The summed E-state index contributed by atoms with van der Waals surface area (Å²) in [5.74, 6) is -1.94. The topological polar surface area (TPSA) is 104 Å². The zero-order valence-electron chi connectivity index (χ0n) is 15.8. The van der Waals surface area contributed by atoms with Gasteiger partial charge in [-0.25, -0.2) is 4.79 Å². The maximum atomic E-state index is 12.9. The molecule has 7 nitrogen and oxygen atoms in total. The second-order valence-electron chi connectivity index (χ2n) is 7.90. The summed E-state index contributed by atoms with van der Waals surface area (Å²) in [6.45, 7) is 0. The normalized spacial score (nSPS) is 26.2. The Hall–Kier alpha value is -3.74. The number of hydrogen-bond acceptors (Lipinski definition) is 4. The molecule has 1 heterocycles. The molecule has 0 radical (unpaired) electrons. The van der Waals surface area contributed by atoms with E-state index in [1.165, 1.54) is 29.2 Å². The first-order valence-electron chi connectivity index (χ1n) is 9.75. The van der Waals surface area contributed by atoms with Gasteiger partial charge in [0.05, 0.1) is 23.1 Å². The molecular weight excluding hydrogens is 384 g/mol. The second kappa shape index (κ2) is 6.66. The smallest absolute Gasteiger partial charge is 0.335 e. The average Bonchev–Trinajstić information content (AvgIpc) is 3.42. The number of allylic oxidation sites excluding steroid dienone is 2. The van der Waals surface area contributed by atoms with Gasteiger partial charge in [-0.2, -0.15) is 0 Å². The quantitative estimate of drug-likeness (QED) is 0.605. The van der Waals surface area contributed by atoms with Crippen molar-refractivity contribution in [1.82, 2.24) is 0 Å². The molecule has 7 heteroatoms. The molecule has 2 N–H and O–H groups in total. The van der Waals surface area contributed by atoms with Crippen LogP contribution in [0, 0.1) is 23.7 Å². The average molecular weight is 402 g/mol. The molecule has 2 fully saturated rings. The van der Waals surface area contributed by atoms with E-state index in [4.69, 9.17) is 5.11 Å². The fourth-order valence-electron chi connectivity index (χ4n) is 4.82. The van der Waals surface area contributed by atoms with Crippen LogP contribution in [0.1, 0.15) is 27.1 Å². The van der Waals surface area contributed by atoms with Crippen LogP contribution in [-0.4, -0.2) is 28.8 Å². The van der Waals surface area contributed by atoms with Gasteiger partial charge < -0.3 is 10.4 Å². The summed E-state index contributed by atoms with van der Waals surface area (Å²) in [5, 5.41) is 11.6. The Morgan fingerprint density at radius 2 is 1.37 bits per heavy atom. The Labute approximate surface area is 172 Å². The van der Waals surface area contributed by atoms with Crippen molar-refractivity contribution < 1.29 is 24.3 Å². The van der Waals surface area contributed by atoms with Crippen LogP contribution in [0.2, 0.25) is 0 Å². The number of aromatic carboxylic acids is 1. The van der Waals surface area contributed by atoms with Gasteiger partial charge in [-0.3, -0.25) is 19.3 Å². The number of hydrogen-bond donors (Lipinski definition) is 2. The minimum Gasteiger partial charge on any atom is -0.478 e. The molecule has 2 aliphatic carbocycles. The van der Waals surface area contributed by atoms with E-state index in [0.29, 0.717) is 16.9 Å². The Bertz CT molecular complexity index is 1070. The molecule has 1 aliphatic heterocycles. The van der Waals surface area contributed by atoms with Gasteiger partial charge in [0, 0.05) is 11.3 Å². The summed E-state index contributed by atoms with van der Waals surface area (Å²) in [5.41, 5.74) is 1.43. The number of carboxylic acids is 1. The van der Waals surface area contributed by atoms with Gasteiger partial charge in [-0.15, -0.1) is 0 Å². The van der Waals surface area contributed by atoms with E-state index in [1.54, 1.807) is 24.3 Å². The van der Waals surface area contributed by atoms with E-state index in [1.807, 2.05) is 0 Å². The van der Waals surface area contributed by atoms with Crippen LogP contribution >= 0.6 is 0 Å². The van der Waals surface area contributed by atoms with Gasteiger partial charge in [0.2, 0.25) is 11.8 Å². The molecule has 4 atom stereocenters. The van der Waals surface area contributed by atoms with Crippen LogP contribution in [0.25, 0.3) is 0 Å². The number of anilines is 2. The lowest BCUT2D eigenvalue weighted by Gasteiger charge is -2.17. The van der Waals surface area contributed by atoms with Crippen molar-refractivity contribution in [1.29, 1.82) is 0 Å². The molecular formula is C23H18N2O5.